The molecule has 1 aromatic carbocycles. The molecule has 20 heavy (non-hydrogen) atoms. The second-order valence-corrected chi connectivity index (χ2v) is 5.86. The van der Waals surface area contributed by atoms with Gasteiger partial charge in [0, 0.05) is 10.4 Å². The summed E-state index contributed by atoms with van der Waals surface area (Å²) in [6.45, 7) is 5.76. The van der Waals surface area contributed by atoms with E-state index in [1.165, 1.54) is 11.0 Å². The summed E-state index contributed by atoms with van der Waals surface area (Å²) in [4.78, 5) is 16.3. The van der Waals surface area contributed by atoms with Crippen molar-refractivity contribution < 1.29 is 9.53 Å². The minimum Gasteiger partial charge on any atom is -0.470 e. The van der Waals surface area contributed by atoms with Gasteiger partial charge in [-0.1, -0.05) is 32.4 Å². The number of hydrogen-bond donors (Lipinski definition) is 0. The number of rotatable bonds is 4. The minimum atomic E-state index is -0.504. The van der Waals surface area contributed by atoms with E-state index in [0.717, 1.165) is 0 Å². The van der Waals surface area contributed by atoms with Crippen molar-refractivity contribution in [1.82, 2.24) is 14.8 Å². The Morgan fingerprint density at radius 2 is 2.15 bits per heavy atom. The Kier molecular flexibility index (Phi) is 4.09. The summed E-state index contributed by atoms with van der Waals surface area (Å²) >= 11 is 5.98. The van der Waals surface area contributed by atoms with Gasteiger partial charge in [-0.2, -0.15) is 5.10 Å². The fourth-order valence-electron chi connectivity index (χ4n) is 1.64. The number of hydrogen-bond acceptors (Lipinski definition) is 4. The highest BCUT2D eigenvalue weighted by Crippen LogP contribution is 2.30. The molecule has 0 bridgehead atoms. The smallest absolute Gasteiger partial charge is 0.182 e. The van der Waals surface area contributed by atoms with E-state index in [-0.39, 0.29) is 12.5 Å². The van der Waals surface area contributed by atoms with Crippen molar-refractivity contribution >= 4 is 17.4 Å². The Hall–Kier alpha value is -1.88. The number of benzene rings is 1. The molecule has 0 atom stereocenters. The van der Waals surface area contributed by atoms with E-state index in [1.807, 2.05) is 20.8 Å². The Morgan fingerprint density at radius 1 is 1.40 bits per heavy atom. The number of halogens is 1. The third kappa shape index (κ3) is 3.36. The molecular weight excluding hydrogens is 278 g/mol. The predicted octanol–water partition coefficient (Wildman–Crippen LogP) is 3.20. The van der Waals surface area contributed by atoms with Crippen molar-refractivity contribution in [3.8, 4) is 5.75 Å². The molecule has 0 radical (unpaired) electrons. The van der Waals surface area contributed by atoms with E-state index in [4.69, 9.17) is 16.3 Å². The van der Waals surface area contributed by atoms with Crippen molar-refractivity contribution in [3.05, 3.63) is 41.4 Å². The van der Waals surface area contributed by atoms with Crippen molar-refractivity contribution in [1.29, 1.82) is 0 Å². The lowest BCUT2D eigenvalue weighted by molar-refractivity contribution is 0.0851. The molecule has 0 amide bonds. The summed E-state index contributed by atoms with van der Waals surface area (Å²) in [6, 6.07) is 5.02. The van der Waals surface area contributed by atoms with E-state index in [0.29, 0.717) is 16.3 Å². The predicted molar refractivity (Wildman–Crippen MR) is 75.9 cm³/mol. The number of ether oxygens (including phenoxy) is 1. The Labute approximate surface area is 122 Å². The Morgan fingerprint density at radius 3 is 2.75 bits per heavy atom. The van der Waals surface area contributed by atoms with Crippen LogP contribution in [0.1, 0.15) is 31.1 Å². The summed E-state index contributed by atoms with van der Waals surface area (Å²) < 4.78 is 7.16. The van der Waals surface area contributed by atoms with Gasteiger partial charge < -0.3 is 4.74 Å². The molecule has 2 rings (SSSR count). The topological polar surface area (TPSA) is 57.0 Å². The Balaban J connectivity index is 2.26. The van der Waals surface area contributed by atoms with Gasteiger partial charge in [-0.3, -0.25) is 4.79 Å². The molecule has 1 heterocycles. The van der Waals surface area contributed by atoms with Crippen LogP contribution in [0.5, 0.6) is 5.75 Å². The van der Waals surface area contributed by atoms with Gasteiger partial charge >= 0.3 is 0 Å². The molecule has 0 N–H and O–H groups in total. The van der Waals surface area contributed by atoms with Crippen molar-refractivity contribution in [2.24, 2.45) is 5.41 Å². The lowest BCUT2D eigenvalue weighted by atomic mass is 9.86. The normalized spacial score (nSPS) is 11.4. The average Bonchev–Trinajstić information content (AvgIpc) is 2.88. The van der Waals surface area contributed by atoms with Crippen LogP contribution in [-0.4, -0.2) is 20.5 Å². The summed E-state index contributed by atoms with van der Waals surface area (Å²) in [6.07, 6.45) is 2.97. The molecule has 0 spiro atoms. The van der Waals surface area contributed by atoms with Crippen molar-refractivity contribution in [2.75, 3.05) is 0 Å². The summed E-state index contributed by atoms with van der Waals surface area (Å²) in [5.74, 6) is 0.471. The lowest BCUT2D eigenvalue weighted by Crippen LogP contribution is -2.21. The van der Waals surface area contributed by atoms with E-state index in [9.17, 15) is 4.79 Å². The van der Waals surface area contributed by atoms with Crippen molar-refractivity contribution in [2.45, 2.75) is 27.5 Å². The van der Waals surface area contributed by atoms with Crippen molar-refractivity contribution in [3.63, 3.8) is 0 Å². The second kappa shape index (κ2) is 5.63. The van der Waals surface area contributed by atoms with Crippen LogP contribution < -0.4 is 4.74 Å². The maximum absolute atomic E-state index is 12.4. The zero-order valence-corrected chi connectivity index (χ0v) is 12.4. The first-order valence-corrected chi connectivity index (χ1v) is 6.55. The SMILES string of the molecule is CC(C)(C)C(=O)c1cc(Cl)ccc1OCn1cncn1. The molecule has 0 fully saturated rings. The van der Waals surface area contributed by atoms with Gasteiger partial charge in [0.05, 0.1) is 5.56 Å². The maximum Gasteiger partial charge on any atom is 0.182 e. The number of carbonyl (C=O) groups excluding carboxylic acids is 1. The first-order chi connectivity index (χ1) is 9.38. The first-order valence-electron chi connectivity index (χ1n) is 6.17. The fraction of sp³-hybridized carbons (Fsp3) is 0.357. The molecule has 6 heteroatoms. The molecule has 0 aliphatic heterocycles. The van der Waals surface area contributed by atoms with E-state index in [2.05, 4.69) is 10.1 Å². The standard InChI is InChI=1S/C14H16ClN3O2/c1-14(2,3)13(19)11-6-10(15)4-5-12(11)20-9-18-8-16-7-17-18/h4-8H,9H2,1-3H3. The number of carbonyl (C=O) groups is 1. The molecular formula is C14H16ClN3O2. The molecule has 0 saturated heterocycles. The van der Waals surface area contributed by atoms with Crippen LogP contribution in [0, 0.1) is 5.41 Å². The van der Waals surface area contributed by atoms with Gasteiger partial charge in [-0.05, 0) is 18.2 Å². The zero-order chi connectivity index (χ0) is 14.8. The molecule has 0 saturated carbocycles. The van der Waals surface area contributed by atoms with Gasteiger partial charge in [-0.25, -0.2) is 9.67 Å². The molecule has 0 aliphatic carbocycles. The molecule has 0 aliphatic rings. The number of aromatic nitrogens is 3. The third-order valence-corrected chi connectivity index (χ3v) is 2.92. The zero-order valence-electron chi connectivity index (χ0n) is 11.6. The molecule has 1 aromatic heterocycles. The lowest BCUT2D eigenvalue weighted by Gasteiger charge is -2.19. The summed E-state index contributed by atoms with van der Waals surface area (Å²) in [5.41, 5.74) is -0.0270. The number of ketones is 1. The van der Waals surface area contributed by atoms with Gasteiger partial charge in [0.2, 0.25) is 0 Å². The van der Waals surface area contributed by atoms with Gasteiger partial charge in [0.1, 0.15) is 18.4 Å². The first kappa shape index (κ1) is 14.5. The van der Waals surface area contributed by atoms with Gasteiger partial charge in [0.25, 0.3) is 0 Å². The summed E-state index contributed by atoms with van der Waals surface area (Å²) in [7, 11) is 0. The minimum absolute atomic E-state index is 0.0198. The Bertz CT molecular complexity index is 603. The van der Waals surface area contributed by atoms with Crippen LogP contribution in [0.3, 0.4) is 0 Å². The van der Waals surface area contributed by atoms with Crippen LogP contribution in [0.25, 0.3) is 0 Å². The van der Waals surface area contributed by atoms with Crippen LogP contribution >= 0.6 is 11.6 Å². The number of nitrogens with zero attached hydrogens (tertiary/aromatic N) is 3. The molecule has 2 aromatic rings. The highest BCUT2D eigenvalue weighted by molar-refractivity contribution is 6.31. The number of Topliss-reactive ketones (excluding diaryl/α,β-unsaturated/α-hetero) is 1. The van der Waals surface area contributed by atoms with Crippen LogP contribution in [0.15, 0.2) is 30.9 Å². The van der Waals surface area contributed by atoms with Crippen LogP contribution in [-0.2, 0) is 6.73 Å². The second-order valence-electron chi connectivity index (χ2n) is 5.43. The molecule has 0 unspecified atom stereocenters. The highest BCUT2D eigenvalue weighted by atomic mass is 35.5. The average molecular weight is 294 g/mol. The quantitative estimate of drug-likeness (QED) is 0.812. The molecule has 106 valence electrons. The summed E-state index contributed by atoms with van der Waals surface area (Å²) in [5, 5.41) is 4.45. The fourth-order valence-corrected chi connectivity index (χ4v) is 1.82. The largest absolute Gasteiger partial charge is 0.470 e. The molecule has 5 nitrogen and oxygen atoms in total. The third-order valence-electron chi connectivity index (χ3n) is 2.69. The van der Waals surface area contributed by atoms with E-state index < -0.39 is 5.41 Å². The van der Waals surface area contributed by atoms with E-state index in [1.54, 1.807) is 24.5 Å². The van der Waals surface area contributed by atoms with Crippen LogP contribution in [0.4, 0.5) is 0 Å². The van der Waals surface area contributed by atoms with Gasteiger partial charge in [0.15, 0.2) is 12.5 Å². The van der Waals surface area contributed by atoms with Gasteiger partial charge in [-0.15, -0.1) is 0 Å². The van der Waals surface area contributed by atoms with E-state index >= 15 is 0 Å². The monoisotopic (exact) mass is 293 g/mol. The highest BCUT2D eigenvalue weighted by Gasteiger charge is 2.26. The van der Waals surface area contributed by atoms with Crippen LogP contribution in [0.2, 0.25) is 5.02 Å². The maximum atomic E-state index is 12.4.